The second-order valence-corrected chi connectivity index (χ2v) is 14.4. The molecule has 11 nitrogen and oxygen atoms in total. The number of benzene rings is 2. The molecule has 1 aliphatic rings. The summed E-state index contributed by atoms with van der Waals surface area (Å²) in [5.41, 5.74) is -1.81. The number of carbonyl (C=O) groups is 5. The molecule has 0 saturated heterocycles. The summed E-state index contributed by atoms with van der Waals surface area (Å²) in [5.74, 6) is -5.22. The van der Waals surface area contributed by atoms with Crippen LogP contribution in [0.1, 0.15) is 92.2 Å². The van der Waals surface area contributed by atoms with Crippen LogP contribution < -0.4 is 5.32 Å². The van der Waals surface area contributed by atoms with Crippen LogP contribution in [0.4, 0.5) is 4.79 Å². The standard InChI is InChI=1S/C35H45NO10/c1-32(2,3)44-27(37)19-35(29(40)45-33(4,5)6,30(41)46-34(7,8)9)18-26(28(38)39)36-31(42)43-20-25-23-16-12-10-14-21(23)22-15-11-13-17-24(22)25/h10-17,25-26H,18-20H2,1-9H3,(H,36,42)(H,38,39)/t26-/m0/s1. The lowest BCUT2D eigenvalue weighted by molar-refractivity contribution is -0.192. The smallest absolute Gasteiger partial charge is 0.407 e. The Morgan fingerprint density at radius 3 is 1.57 bits per heavy atom. The summed E-state index contributed by atoms with van der Waals surface area (Å²) in [6, 6.07) is 13.6. The van der Waals surface area contributed by atoms with Gasteiger partial charge in [-0.2, -0.15) is 0 Å². The number of amides is 1. The number of aliphatic carboxylic acids is 1. The number of ether oxygens (including phenoxy) is 4. The van der Waals surface area contributed by atoms with Gasteiger partial charge in [-0.1, -0.05) is 48.5 Å². The van der Waals surface area contributed by atoms with Crippen molar-refractivity contribution in [3.05, 3.63) is 59.7 Å². The lowest BCUT2D eigenvalue weighted by Crippen LogP contribution is -2.54. The molecule has 3 rings (SSSR count). The molecule has 0 fully saturated rings. The predicted octanol–water partition coefficient (Wildman–Crippen LogP) is 5.77. The Balaban J connectivity index is 1.93. The molecule has 2 N–H and O–H groups in total. The van der Waals surface area contributed by atoms with Crippen LogP contribution in [0, 0.1) is 5.41 Å². The molecule has 0 aromatic heterocycles. The molecular weight excluding hydrogens is 594 g/mol. The molecular formula is C35H45NO10. The highest BCUT2D eigenvalue weighted by atomic mass is 16.6. The Morgan fingerprint density at radius 2 is 1.15 bits per heavy atom. The van der Waals surface area contributed by atoms with Crippen molar-refractivity contribution in [1.29, 1.82) is 0 Å². The molecule has 46 heavy (non-hydrogen) atoms. The Bertz CT molecular complexity index is 1400. The highest BCUT2D eigenvalue weighted by molar-refractivity contribution is 6.04. The molecule has 0 heterocycles. The number of nitrogens with one attached hydrogen (secondary N) is 1. The van der Waals surface area contributed by atoms with Crippen LogP contribution in [0.5, 0.6) is 0 Å². The first-order valence-corrected chi connectivity index (χ1v) is 15.1. The maximum absolute atomic E-state index is 13.8. The van der Waals surface area contributed by atoms with E-state index >= 15 is 0 Å². The lowest BCUT2D eigenvalue weighted by Gasteiger charge is -2.36. The van der Waals surface area contributed by atoms with Crippen LogP contribution in [0.2, 0.25) is 0 Å². The van der Waals surface area contributed by atoms with E-state index in [2.05, 4.69) is 5.32 Å². The van der Waals surface area contributed by atoms with E-state index in [-0.39, 0.29) is 12.5 Å². The Kier molecular flexibility index (Phi) is 10.6. The van der Waals surface area contributed by atoms with Gasteiger partial charge in [0.1, 0.15) is 29.5 Å². The van der Waals surface area contributed by atoms with Crippen LogP contribution in [0.3, 0.4) is 0 Å². The van der Waals surface area contributed by atoms with Gasteiger partial charge in [0.2, 0.25) is 0 Å². The number of alkyl carbamates (subject to hydrolysis) is 1. The van der Waals surface area contributed by atoms with Crippen molar-refractivity contribution >= 4 is 30.0 Å². The third-order valence-corrected chi connectivity index (χ3v) is 6.93. The molecule has 250 valence electrons. The van der Waals surface area contributed by atoms with Crippen LogP contribution in [0.15, 0.2) is 48.5 Å². The fraction of sp³-hybridized carbons (Fsp3) is 0.514. The third kappa shape index (κ3) is 9.31. The molecule has 2 aromatic carbocycles. The molecule has 11 heteroatoms. The largest absolute Gasteiger partial charge is 0.480 e. The first-order chi connectivity index (χ1) is 21.1. The number of carboxylic acids is 1. The number of hydrogen-bond donors (Lipinski definition) is 2. The second kappa shape index (κ2) is 13.5. The Morgan fingerprint density at radius 1 is 0.717 bits per heavy atom. The highest BCUT2D eigenvalue weighted by Gasteiger charge is 2.55. The molecule has 0 spiro atoms. The van der Waals surface area contributed by atoms with Gasteiger partial charge in [-0.15, -0.1) is 0 Å². The van der Waals surface area contributed by atoms with Gasteiger partial charge in [0.05, 0.1) is 6.42 Å². The molecule has 0 aliphatic heterocycles. The van der Waals surface area contributed by atoms with Crippen LogP contribution >= 0.6 is 0 Å². The van der Waals surface area contributed by atoms with Crippen molar-refractivity contribution in [1.82, 2.24) is 5.32 Å². The number of carboxylic acid groups (broad SMARTS) is 1. The van der Waals surface area contributed by atoms with Crippen molar-refractivity contribution in [2.75, 3.05) is 6.61 Å². The minimum absolute atomic E-state index is 0.104. The first kappa shape index (κ1) is 36.1. The van der Waals surface area contributed by atoms with Crippen LogP contribution in [0.25, 0.3) is 11.1 Å². The molecule has 0 saturated carbocycles. The Hall–Kier alpha value is -4.41. The lowest BCUT2D eigenvalue weighted by atomic mass is 9.77. The minimum Gasteiger partial charge on any atom is -0.480 e. The zero-order chi connectivity index (χ0) is 34.7. The number of fused-ring (bicyclic) bond motifs is 3. The van der Waals surface area contributed by atoms with E-state index in [1.54, 1.807) is 62.3 Å². The summed E-state index contributed by atoms with van der Waals surface area (Å²) >= 11 is 0. The van der Waals surface area contributed by atoms with Crippen molar-refractivity contribution in [3.63, 3.8) is 0 Å². The normalized spacial score (nSPS) is 13.9. The average Bonchev–Trinajstić information content (AvgIpc) is 3.21. The number of rotatable bonds is 10. The number of esters is 3. The van der Waals surface area contributed by atoms with Gasteiger partial charge in [0.25, 0.3) is 0 Å². The van der Waals surface area contributed by atoms with Gasteiger partial charge >= 0.3 is 30.0 Å². The molecule has 1 aliphatic carbocycles. The molecule has 2 aromatic rings. The maximum Gasteiger partial charge on any atom is 0.407 e. The number of carbonyl (C=O) groups excluding carboxylic acids is 4. The Labute approximate surface area is 269 Å². The summed E-state index contributed by atoms with van der Waals surface area (Å²) in [4.78, 5) is 66.4. The monoisotopic (exact) mass is 639 g/mol. The van der Waals surface area contributed by atoms with E-state index in [4.69, 9.17) is 18.9 Å². The quantitative estimate of drug-likeness (QED) is 0.186. The second-order valence-electron chi connectivity index (χ2n) is 14.4. The van der Waals surface area contributed by atoms with Crippen LogP contribution in [-0.2, 0) is 38.1 Å². The predicted molar refractivity (Wildman–Crippen MR) is 169 cm³/mol. The zero-order valence-electron chi connectivity index (χ0n) is 28.0. The van der Waals surface area contributed by atoms with Gasteiger partial charge in [0, 0.05) is 12.3 Å². The summed E-state index contributed by atoms with van der Waals surface area (Å²) < 4.78 is 22.0. The van der Waals surface area contributed by atoms with Crippen molar-refractivity contribution in [2.45, 2.75) is 104 Å². The summed E-state index contributed by atoms with van der Waals surface area (Å²) in [7, 11) is 0. The van der Waals surface area contributed by atoms with E-state index in [0.717, 1.165) is 22.3 Å². The van der Waals surface area contributed by atoms with Crippen molar-refractivity contribution in [3.8, 4) is 11.1 Å². The minimum atomic E-state index is -2.50. The molecule has 1 atom stereocenters. The fourth-order valence-electron chi connectivity index (χ4n) is 5.17. The molecule has 0 radical (unpaired) electrons. The van der Waals surface area contributed by atoms with E-state index in [9.17, 15) is 29.1 Å². The van der Waals surface area contributed by atoms with Gasteiger partial charge < -0.3 is 29.4 Å². The summed E-state index contributed by atoms with van der Waals surface area (Å²) in [5, 5.41) is 12.5. The molecule has 0 bridgehead atoms. The highest BCUT2D eigenvalue weighted by Crippen LogP contribution is 2.44. The van der Waals surface area contributed by atoms with Crippen molar-refractivity contribution < 1.29 is 48.0 Å². The first-order valence-electron chi connectivity index (χ1n) is 15.1. The molecule has 0 unspecified atom stereocenters. The van der Waals surface area contributed by atoms with E-state index in [1.807, 2.05) is 48.5 Å². The van der Waals surface area contributed by atoms with Gasteiger partial charge in [0.15, 0.2) is 5.41 Å². The van der Waals surface area contributed by atoms with E-state index in [0.29, 0.717) is 0 Å². The van der Waals surface area contributed by atoms with Gasteiger partial charge in [-0.25, -0.2) is 9.59 Å². The van der Waals surface area contributed by atoms with Crippen molar-refractivity contribution in [2.24, 2.45) is 5.41 Å². The maximum atomic E-state index is 13.8. The van der Waals surface area contributed by atoms with E-state index < -0.39 is 71.1 Å². The van der Waals surface area contributed by atoms with Crippen LogP contribution in [-0.4, -0.2) is 64.5 Å². The third-order valence-electron chi connectivity index (χ3n) is 6.93. The summed E-state index contributed by atoms with van der Waals surface area (Å²) in [6.45, 7) is 14.1. The zero-order valence-corrected chi connectivity index (χ0v) is 28.0. The van der Waals surface area contributed by atoms with E-state index in [1.165, 1.54) is 0 Å². The topological polar surface area (TPSA) is 155 Å². The molecule has 1 amide bonds. The SMILES string of the molecule is CC(C)(C)OC(=O)CC(C[C@H](NC(=O)OCC1c2ccccc2-c2ccccc21)C(=O)O)(C(=O)OC(C)(C)C)C(=O)OC(C)(C)C. The summed E-state index contributed by atoms with van der Waals surface area (Å²) in [6.07, 6.45) is -2.87. The number of hydrogen-bond acceptors (Lipinski definition) is 9. The average molecular weight is 640 g/mol. The fourth-order valence-corrected chi connectivity index (χ4v) is 5.17. The van der Waals surface area contributed by atoms with Gasteiger partial charge in [-0.3, -0.25) is 14.4 Å². The van der Waals surface area contributed by atoms with Gasteiger partial charge in [-0.05, 0) is 84.6 Å².